The van der Waals surface area contributed by atoms with Crippen molar-refractivity contribution in [2.24, 2.45) is 4.99 Å². The summed E-state index contributed by atoms with van der Waals surface area (Å²) in [6.45, 7) is 3.69. The number of hydrogen-bond donors (Lipinski definition) is 2. The van der Waals surface area contributed by atoms with Crippen molar-refractivity contribution in [1.29, 1.82) is 0 Å². The summed E-state index contributed by atoms with van der Waals surface area (Å²) in [5.41, 5.74) is 4.87. The quantitative estimate of drug-likeness (QED) is 0.532. The smallest absolute Gasteiger partial charge is 0.191 e. The highest BCUT2D eigenvalue weighted by Crippen LogP contribution is 2.08. The molecule has 134 valence electrons. The molecule has 0 aliphatic carbocycles. The number of aromatic nitrogens is 2. The first kappa shape index (κ1) is 17.7. The van der Waals surface area contributed by atoms with Crippen molar-refractivity contribution >= 4 is 5.96 Å². The molecular formula is C21H25N5. The van der Waals surface area contributed by atoms with E-state index in [2.05, 4.69) is 76.2 Å². The minimum Gasteiger partial charge on any atom is -0.356 e. The van der Waals surface area contributed by atoms with Crippen LogP contribution < -0.4 is 10.6 Å². The first-order valence-corrected chi connectivity index (χ1v) is 8.83. The SMILES string of the molecule is CN=C(NCCc1ccc(-n2cccn2)cc1)NCc1ccc(C)cc1. The van der Waals surface area contributed by atoms with Gasteiger partial charge in [-0.05, 0) is 42.7 Å². The molecule has 0 amide bonds. The first-order valence-electron chi connectivity index (χ1n) is 8.83. The molecule has 0 atom stereocenters. The fourth-order valence-electron chi connectivity index (χ4n) is 2.67. The van der Waals surface area contributed by atoms with Gasteiger partial charge in [0.05, 0.1) is 5.69 Å². The molecule has 0 bridgehead atoms. The second-order valence-electron chi connectivity index (χ2n) is 6.21. The molecule has 0 fully saturated rings. The summed E-state index contributed by atoms with van der Waals surface area (Å²) in [5, 5.41) is 11.0. The van der Waals surface area contributed by atoms with Crippen LogP contribution in [0.4, 0.5) is 0 Å². The van der Waals surface area contributed by atoms with Crippen molar-refractivity contribution in [3.05, 3.63) is 83.7 Å². The standard InChI is InChI=1S/C21H25N5/c1-17-4-6-19(7-5-17)16-24-21(22-2)23-14-12-18-8-10-20(11-9-18)26-15-3-13-25-26/h3-11,13,15H,12,14,16H2,1-2H3,(H2,22,23,24). The van der Waals surface area contributed by atoms with E-state index >= 15 is 0 Å². The lowest BCUT2D eigenvalue weighted by Crippen LogP contribution is -2.37. The zero-order valence-corrected chi connectivity index (χ0v) is 15.3. The van der Waals surface area contributed by atoms with Crippen molar-refractivity contribution in [2.75, 3.05) is 13.6 Å². The average Bonchev–Trinajstić information content (AvgIpc) is 3.21. The normalized spacial score (nSPS) is 11.4. The maximum atomic E-state index is 4.28. The lowest BCUT2D eigenvalue weighted by atomic mass is 10.1. The van der Waals surface area contributed by atoms with Gasteiger partial charge in [-0.25, -0.2) is 4.68 Å². The van der Waals surface area contributed by atoms with Crippen molar-refractivity contribution < 1.29 is 0 Å². The van der Waals surface area contributed by atoms with E-state index in [4.69, 9.17) is 0 Å². The molecule has 0 unspecified atom stereocenters. The van der Waals surface area contributed by atoms with E-state index in [1.807, 2.05) is 16.9 Å². The van der Waals surface area contributed by atoms with Gasteiger partial charge in [-0.3, -0.25) is 4.99 Å². The monoisotopic (exact) mass is 347 g/mol. The summed E-state index contributed by atoms with van der Waals surface area (Å²) in [4.78, 5) is 4.28. The predicted octanol–water partition coefficient (Wildman–Crippen LogP) is 3.09. The lowest BCUT2D eigenvalue weighted by molar-refractivity contribution is 0.794. The molecule has 1 heterocycles. The highest BCUT2D eigenvalue weighted by molar-refractivity contribution is 5.79. The topological polar surface area (TPSA) is 54.2 Å². The van der Waals surface area contributed by atoms with Crippen LogP contribution in [0, 0.1) is 6.92 Å². The number of guanidine groups is 1. The van der Waals surface area contributed by atoms with E-state index in [0.717, 1.165) is 31.2 Å². The number of rotatable bonds is 6. The molecule has 2 N–H and O–H groups in total. The number of nitrogens with zero attached hydrogens (tertiary/aromatic N) is 3. The maximum absolute atomic E-state index is 4.28. The highest BCUT2D eigenvalue weighted by Gasteiger charge is 2.00. The highest BCUT2D eigenvalue weighted by atomic mass is 15.3. The molecule has 0 aliphatic heterocycles. The molecule has 0 saturated heterocycles. The molecule has 0 saturated carbocycles. The minimum absolute atomic E-state index is 0.762. The lowest BCUT2D eigenvalue weighted by Gasteiger charge is -2.12. The largest absolute Gasteiger partial charge is 0.356 e. The number of nitrogens with one attached hydrogen (secondary N) is 2. The molecule has 26 heavy (non-hydrogen) atoms. The summed E-state index contributed by atoms with van der Waals surface area (Å²) in [6, 6.07) is 18.9. The number of aryl methyl sites for hydroxylation is 1. The molecule has 0 aliphatic rings. The van der Waals surface area contributed by atoms with Crippen LogP contribution in [0.15, 0.2) is 72.0 Å². The van der Waals surface area contributed by atoms with Crippen molar-refractivity contribution in [1.82, 2.24) is 20.4 Å². The van der Waals surface area contributed by atoms with Gasteiger partial charge in [-0.2, -0.15) is 5.10 Å². The summed E-state index contributed by atoms with van der Waals surface area (Å²) >= 11 is 0. The Morgan fingerprint density at radius 1 is 1.00 bits per heavy atom. The van der Waals surface area contributed by atoms with E-state index in [-0.39, 0.29) is 0 Å². The zero-order chi connectivity index (χ0) is 18.2. The van der Waals surface area contributed by atoms with E-state index in [1.54, 1.807) is 13.2 Å². The molecule has 3 rings (SSSR count). The van der Waals surface area contributed by atoms with Crippen LogP contribution in [-0.2, 0) is 13.0 Å². The van der Waals surface area contributed by atoms with Gasteiger partial charge in [0.15, 0.2) is 5.96 Å². The maximum Gasteiger partial charge on any atom is 0.191 e. The molecule has 0 radical (unpaired) electrons. The third-order valence-electron chi connectivity index (χ3n) is 4.22. The molecule has 3 aromatic rings. The van der Waals surface area contributed by atoms with Gasteiger partial charge < -0.3 is 10.6 Å². The van der Waals surface area contributed by atoms with Gasteiger partial charge in [-0.15, -0.1) is 0 Å². The van der Waals surface area contributed by atoms with Crippen molar-refractivity contribution in [2.45, 2.75) is 19.9 Å². The Morgan fingerprint density at radius 2 is 1.73 bits per heavy atom. The second kappa shape index (κ2) is 8.85. The average molecular weight is 347 g/mol. The summed E-state index contributed by atoms with van der Waals surface area (Å²) in [5.74, 6) is 0.818. The molecule has 1 aromatic heterocycles. The fraction of sp³-hybridized carbons (Fsp3) is 0.238. The van der Waals surface area contributed by atoms with Crippen molar-refractivity contribution in [3.8, 4) is 5.69 Å². The van der Waals surface area contributed by atoms with Crippen LogP contribution in [-0.4, -0.2) is 29.3 Å². The van der Waals surface area contributed by atoms with E-state index in [9.17, 15) is 0 Å². The van der Waals surface area contributed by atoms with Crippen LogP contribution in [0.2, 0.25) is 0 Å². The van der Waals surface area contributed by atoms with E-state index in [0.29, 0.717) is 0 Å². The van der Waals surface area contributed by atoms with Crippen LogP contribution in [0.5, 0.6) is 0 Å². The van der Waals surface area contributed by atoms with Crippen LogP contribution in [0.3, 0.4) is 0 Å². The fourth-order valence-corrected chi connectivity index (χ4v) is 2.67. The molecule has 0 spiro atoms. The van der Waals surface area contributed by atoms with Gasteiger partial charge in [-0.1, -0.05) is 42.0 Å². The molecule has 5 nitrogen and oxygen atoms in total. The van der Waals surface area contributed by atoms with Gasteiger partial charge in [0.25, 0.3) is 0 Å². The van der Waals surface area contributed by atoms with Gasteiger partial charge in [0, 0.05) is 32.5 Å². The van der Waals surface area contributed by atoms with Gasteiger partial charge in [0.2, 0.25) is 0 Å². The molecular weight excluding hydrogens is 322 g/mol. The summed E-state index contributed by atoms with van der Waals surface area (Å²) in [7, 11) is 1.79. The Hall–Kier alpha value is -3.08. The molecule has 5 heteroatoms. The third-order valence-corrected chi connectivity index (χ3v) is 4.22. The third kappa shape index (κ3) is 4.96. The second-order valence-corrected chi connectivity index (χ2v) is 6.21. The van der Waals surface area contributed by atoms with Crippen molar-refractivity contribution in [3.63, 3.8) is 0 Å². The summed E-state index contributed by atoms with van der Waals surface area (Å²) in [6.07, 6.45) is 4.66. The van der Waals surface area contributed by atoms with Gasteiger partial charge in [0.1, 0.15) is 0 Å². The zero-order valence-electron chi connectivity index (χ0n) is 15.3. The summed E-state index contributed by atoms with van der Waals surface area (Å²) < 4.78 is 1.86. The Labute approximate surface area is 154 Å². The molecule has 2 aromatic carbocycles. The first-order chi connectivity index (χ1) is 12.7. The Bertz CT molecular complexity index is 818. The minimum atomic E-state index is 0.762. The Kier molecular flexibility index (Phi) is 6.04. The van der Waals surface area contributed by atoms with Crippen LogP contribution in [0.25, 0.3) is 5.69 Å². The van der Waals surface area contributed by atoms with Gasteiger partial charge >= 0.3 is 0 Å². The number of benzene rings is 2. The van der Waals surface area contributed by atoms with E-state index < -0.39 is 0 Å². The predicted molar refractivity (Wildman–Crippen MR) is 107 cm³/mol. The van der Waals surface area contributed by atoms with E-state index in [1.165, 1.54) is 16.7 Å². The Balaban J connectivity index is 1.44. The van der Waals surface area contributed by atoms with Crippen LogP contribution in [0.1, 0.15) is 16.7 Å². The number of hydrogen-bond acceptors (Lipinski definition) is 2. The van der Waals surface area contributed by atoms with Crippen LogP contribution >= 0.6 is 0 Å². The number of aliphatic imine (C=N–C) groups is 1. The Morgan fingerprint density at radius 3 is 2.38 bits per heavy atom.